The molecule has 0 spiro atoms. The van der Waals surface area contributed by atoms with E-state index in [2.05, 4.69) is 52.1 Å². The van der Waals surface area contributed by atoms with Crippen molar-refractivity contribution in [2.45, 2.75) is 19.9 Å². The Morgan fingerprint density at radius 1 is 1.04 bits per heavy atom. The lowest BCUT2D eigenvalue weighted by Crippen LogP contribution is -2.25. The average Bonchev–Trinajstić information content (AvgIpc) is 3.07. The van der Waals surface area contributed by atoms with Crippen molar-refractivity contribution < 1.29 is 4.79 Å². The Morgan fingerprint density at radius 2 is 1.89 bits per heavy atom. The molecular formula is C24H23N3O. The smallest absolute Gasteiger partial charge is 0.253 e. The van der Waals surface area contributed by atoms with Gasteiger partial charge in [0.05, 0.1) is 5.56 Å². The third-order valence-electron chi connectivity index (χ3n) is 4.89. The molecule has 2 aromatic heterocycles. The quantitative estimate of drug-likeness (QED) is 0.549. The number of aromatic nitrogens is 2. The molecule has 0 saturated carbocycles. The van der Waals surface area contributed by atoms with E-state index < -0.39 is 0 Å². The van der Waals surface area contributed by atoms with Crippen LogP contribution in [0.2, 0.25) is 0 Å². The zero-order valence-corrected chi connectivity index (χ0v) is 15.9. The first kappa shape index (κ1) is 18.0. The molecule has 0 atom stereocenters. The van der Waals surface area contributed by atoms with E-state index in [-0.39, 0.29) is 5.91 Å². The lowest BCUT2D eigenvalue weighted by atomic mass is 10.1. The van der Waals surface area contributed by atoms with Crippen molar-refractivity contribution >= 4 is 16.8 Å². The Kier molecular flexibility index (Phi) is 5.20. The number of benzene rings is 2. The van der Waals surface area contributed by atoms with Crippen LogP contribution in [-0.4, -0.2) is 22.0 Å². The highest BCUT2D eigenvalue weighted by atomic mass is 16.1. The van der Waals surface area contributed by atoms with Gasteiger partial charge in [-0.2, -0.15) is 0 Å². The van der Waals surface area contributed by atoms with E-state index >= 15 is 0 Å². The molecular weight excluding hydrogens is 346 g/mol. The van der Waals surface area contributed by atoms with Gasteiger partial charge in [-0.1, -0.05) is 54.1 Å². The number of hydrogen-bond donors (Lipinski definition) is 1. The van der Waals surface area contributed by atoms with Crippen molar-refractivity contribution in [2.75, 3.05) is 6.54 Å². The monoisotopic (exact) mass is 369 g/mol. The molecule has 4 rings (SSSR count). The molecule has 4 heteroatoms. The fraction of sp³-hybridized carbons (Fsp3) is 0.167. The number of nitrogens with one attached hydrogen (secondary N) is 1. The van der Waals surface area contributed by atoms with Crippen LogP contribution in [0.1, 0.15) is 27.0 Å². The lowest BCUT2D eigenvalue weighted by molar-refractivity contribution is 0.0955. The predicted octanol–water partition coefficient (Wildman–Crippen LogP) is 4.37. The molecule has 0 saturated heterocycles. The third-order valence-corrected chi connectivity index (χ3v) is 4.89. The number of pyridine rings is 1. The van der Waals surface area contributed by atoms with Gasteiger partial charge in [-0.15, -0.1) is 0 Å². The van der Waals surface area contributed by atoms with Gasteiger partial charge in [0, 0.05) is 42.6 Å². The summed E-state index contributed by atoms with van der Waals surface area (Å²) in [5.41, 5.74) is 5.37. The van der Waals surface area contributed by atoms with Crippen molar-refractivity contribution in [1.29, 1.82) is 0 Å². The first-order valence-electron chi connectivity index (χ1n) is 9.51. The van der Waals surface area contributed by atoms with Crippen molar-refractivity contribution in [1.82, 2.24) is 14.9 Å². The van der Waals surface area contributed by atoms with Crippen molar-refractivity contribution in [2.24, 2.45) is 0 Å². The standard InChI is InChI=1S/C24H23N3O/c1-18-6-4-7-20(14-18)16-27-17-22(21-9-2-3-10-23(21)27)24(28)26-13-11-19-8-5-12-25-15-19/h2-10,12,14-15,17H,11,13,16H2,1H3,(H,26,28). The molecule has 0 aliphatic rings. The second-order valence-corrected chi connectivity index (χ2v) is 7.04. The van der Waals surface area contributed by atoms with Crippen LogP contribution in [0.25, 0.3) is 10.9 Å². The number of aryl methyl sites for hydroxylation is 1. The van der Waals surface area contributed by atoms with Gasteiger partial charge in [-0.3, -0.25) is 9.78 Å². The molecule has 0 radical (unpaired) electrons. The topological polar surface area (TPSA) is 46.9 Å². The second kappa shape index (κ2) is 8.09. The molecule has 2 heterocycles. The maximum atomic E-state index is 12.8. The van der Waals surface area contributed by atoms with E-state index in [1.165, 1.54) is 11.1 Å². The summed E-state index contributed by atoms with van der Waals surface area (Å²) in [7, 11) is 0. The SMILES string of the molecule is Cc1cccc(Cn2cc(C(=O)NCCc3cccnc3)c3ccccc32)c1. The molecule has 28 heavy (non-hydrogen) atoms. The maximum Gasteiger partial charge on any atom is 0.253 e. The number of hydrogen-bond acceptors (Lipinski definition) is 2. The summed E-state index contributed by atoms with van der Waals surface area (Å²) in [6, 6.07) is 20.5. The van der Waals surface area contributed by atoms with Gasteiger partial charge in [0.15, 0.2) is 0 Å². The van der Waals surface area contributed by atoms with Crippen molar-refractivity contribution in [3.05, 3.63) is 102 Å². The Morgan fingerprint density at radius 3 is 2.71 bits per heavy atom. The summed E-state index contributed by atoms with van der Waals surface area (Å²) >= 11 is 0. The second-order valence-electron chi connectivity index (χ2n) is 7.04. The van der Waals surface area contributed by atoms with Crippen LogP contribution in [0.15, 0.2) is 79.3 Å². The van der Waals surface area contributed by atoms with Crippen LogP contribution in [0, 0.1) is 6.92 Å². The van der Waals surface area contributed by atoms with Gasteiger partial charge in [0.1, 0.15) is 0 Å². The number of nitrogens with zero attached hydrogens (tertiary/aromatic N) is 2. The molecule has 140 valence electrons. The summed E-state index contributed by atoms with van der Waals surface area (Å²) in [4.78, 5) is 16.9. The lowest BCUT2D eigenvalue weighted by Gasteiger charge is -2.06. The summed E-state index contributed by atoms with van der Waals surface area (Å²) in [6.07, 6.45) is 6.32. The van der Waals surface area contributed by atoms with Crippen LogP contribution >= 0.6 is 0 Å². The molecule has 2 aromatic carbocycles. The predicted molar refractivity (Wildman–Crippen MR) is 112 cm³/mol. The van der Waals surface area contributed by atoms with Crippen LogP contribution < -0.4 is 5.32 Å². The highest BCUT2D eigenvalue weighted by molar-refractivity contribution is 6.07. The van der Waals surface area contributed by atoms with E-state index in [0.717, 1.165) is 35.0 Å². The van der Waals surface area contributed by atoms with E-state index in [9.17, 15) is 4.79 Å². The molecule has 4 aromatic rings. The van der Waals surface area contributed by atoms with Crippen LogP contribution in [0.5, 0.6) is 0 Å². The van der Waals surface area contributed by atoms with Crippen LogP contribution in [0.4, 0.5) is 0 Å². The molecule has 0 aliphatic heterocycles. The molecule has 0 fully saturated rings. The molecule has 4 nitrogen and oxygen atoms in total. The number of para-hydroxylation sites is 1. The summed E-state index contributed by atoms with van der Waals surface area (Å²) in [6.45, 7) is 3.42. The Labute approximate surface area is 164 Å². The zero-order valence-electron chi connectivity index (χ0n) is 15.9. The molecule has 0 aliphatic carbocycles. The van der Waals surface area contributed by atoms with E-state index in [1.807, 2.05) is 42.7 Å². The minimum Gasteiger partial charge on any atom is -0.352 e. The maximum absolute atomic E-state index is 12.8. The molecule has 1 amide bonds. The largest absolute Gasteiger partial charge is 0.352 e. The highest BCUT2D eigenvalue weighted by Gasteiger charge is 2.14. The zero-order chi connectivity index (χ0) is 19.3. The minimum absolute atomic E-state index is 0.0388. The number of amides is 1. The van der Waals surface area contributed by atoms with Crippen molar-refractivity contribution in [3.63, 3.8) is 0 Å². The first-order chi connectivity index (χ1) is 13.7. The fourth-order valence-electron chi connectivity index (χ4n) is 3.53. The van der Waals surface area contributed by atoms with Gasteiger partial charge >= 0.3 is 0 Å². The first-order valence-corrected chi connectivity index (χ1v) is 9.51. The van der Waals surface area contributed by atoms with E-state index in [4.69, 9.17) is 0 Å². The summed E-state index contributed by atoms with van der Waals surface area (Å²) in [5.74, 6) is -0.0388. The van der Waals surface area contributed by atoms with Gasteiger partial charge in [-0.05, 0) is 36.6 Å². The fourth-order valence-corrected chi connectivity index (χ4v) is 3.53. The van der Waals surface area contributed by atoms with Crippen LogP contribution in [-0.2, 0) is 13.0 Å². The molecule has 0 bridgehead atoms. The molecule has 0 unspecified atom stereocenters. The Balaban J connectivity index is 1.54. The number of carbonyl (C=O) groups is 1. The Bertz CT molecular complexity index is 1100. The number of carbonyl (C=O) groups excluding carboxylic acids is 1. The average molecular weight is 369 g/mol. The Hall–Kier alpha value is -3.40. The van der Waals surface area contributed by atoms with Crippen LogP contribution in [0.3, 0.4) is 0 Å². The summed E-state index contributed by atoms with van der Waals surface area (Å²) < 4.78 is 2.15. The van der Waals surface area contributed by atoms with Gasteiger partial charge < -0.3 is 9.88 Å². The van der Waals surface area contributed by atoms with E-state index in [1.54, 1.807) is 6.20 Å². The van der Waals surface area contributed by atoms with Gasteiger partial charge in [0.25, 0.3) is 5.91 Å². The van der Waals surface area contributed by atoms with E-state index in [0.29, 0.717) is 6.54 Å². The minimum atomic E-state index is -0.0388. The number of rotatable bonds is 6. The van der Waals surface area contributed by atoms with Gasteiger partial charge in [-0.25, -0.2) is 0 Å². The normalized spacial score (nSPS) is 10.9. The third kappa shape index (κ3) is 3.96. The molecule has 1 N–H and O–H groups in total. The van der Waals surface area contributed by atoms with Crippen molar-refractivity contribution in [3.8, 4) is 0 Å². The van der Waals surface area contributed by atoms with Gasteiger partial charge in [0.2, 0.25) is 0 Å². The number of fused-ring (bicyclic) bond motifs is 1. The highest BCUT2D eigenvalue weighted by Crippen LogP contribution is 2.22. The summed E-state index contributed by atoms with van der Waals surface area (Å²) in [5, 5.41) is 4.03.